The first-order valence-electron chi connectivity index (χ1n) is 10.0. The van der Waals surface area contributed by atoms with E-state index in [1.807, 2.05) is 30.3 Å². The summed E-state index contributed by atoms with van der Waals surface area (Å²) < 4.78 is 15.2. The molecule has 31 heavy (non-hydrogen) atoms. The van der Waals surface area contributed by atoms with Crippen molar-refractivity contribution in [1.29, 1.82) is 0 Å². The highest BCUT2D eigenvalue weighted by molar-refractivity contribution is 6.32. The van der Waals surface area contributed by atoms with Gasteiger partial charge >= 0.3 is 0 Å². The van der Waals surface area contributed by atoms with Gasteiger partial charge in [0.15, 0.2) is 0 Å². The van der Waals surface area contributed by atoms with E-state index < -0.39 is 5.56 Å². The summed E-state index contributed by atoms with van der Waals surface area (Å²) in [5, 5.41) is 7.60. The Morgan fingerprint density at radius 1 is 1.26 bits per heavy atom. The predicted octanol–water partition coefficient (Wildman–Crippen LogP) is 3.99. The van der Waals surface area contributed by atoms with Crippen molar-refractivity contribution in [3.8, 4) is 0 Å². The molecule has 0 aliphatic carbocycles. The molecule has 0 bridgehead atoms. The molecule has 0 spiro atoms. The van der Waals surface area contributed by atoms with Crippen LogP contribution >= 0.6 is 11.6 Å². The molecule has 2 aromatic carbocycles. The van der Waals surface area contributed by atoms with Gasteiger partial charge in [-0.1, -0.05) is 48.0 Å². The number of hydrogen-bond acceptors (Lipinski definition) is 4. The zero-order valence-corrected chi connectivity index (χ0v) is 17.8. The number of benzene rings is 2. The number of carbonyl (C=O) groups excluding carboxylic acids is 1. The van der Waals surface area contributed by atoms with Gasteiger partial charge in [0.2, 0.25) is 5.91 Å². The summed E-state index contributed by atoms with van der Waals surface area (Å²) in [4.78, 5) is 26.4. The number of rotatable bonds is 4. The van der Waals surface area contributed by atoms with E-state index in [4.69, 9.17) is 11.6 Å². The van der Waals surface area contributed by atoms with Gasteiger partial charge in [-0.25, -0.2) is 9.07 Å². The van der Waals surface area contributed by atoms with Crippen molar-refractivity contribution in [2.45, 2.75) is 32.5 Å². The predicted molar refractivity (Wildman–Crippen MR) is 118 cm³/mol. The van der Waals surface area contributed by atoms with Crippen LogP contribution in [0.4, 0.5) is 10.1 Å². The first kappa shape index (κ1) is 21.1. The highest BCUT2D eigenvalue weighted by Crippen LogP contribution is 2.31. The Balaban J connectivity index is 1.62. The molecule has 1 aliphatic heterocycles. The average molecular weight is 441 g/mol. The summed E-state index contributed by atoms with van der Waals surface area (Å²) in [6.07, 6.45) is 2.12. The molecule has 4 rings (SSSR count). The van der Waals surface area contributed by atoms with E-state index in [1.54, 1.807) is 11.0 Å². The van der Waals surface area contributed by atoms with E-state index in [9.17, 15) is 14.0 Å². The summed E-state index contributed by atoms with van der Waals surface area (Å²) in [6, 6.07) is 13.8. The van der Waals surface area contributed by atoms with E-state index in [0.717, 1.165) is 16.7 Å². The van der Waals surface area contributed by atoms with Crippen LogP contribution in [0.2, 0.25) is 5.02 Å². The maximum Gasteiger partial charge on any atom is 0.287 e. The van der Waals surface area contributed by atoms with Gasteiger partial charge in [0.25, 0.3) is 5.56 Å². The lowest BCUT2D eigenvalue weighted by atomic mass is 9.99. The van der Waals surface area contributed by atoms with Crippen LogP contribution in [0.15, 0.2) is 59.5 Å². The molecule has 1 aromatic heterocycles. The Hall–Kier alpha value is -3.19. The van der Waals surface area contributed by atoms with Gasteiger partial charge in [-0.05, 0) is 35.2 Å². The minimum Gasteiger partial charge on any atom is -0.375 e. The normalized spacial score (nSPS) is 15.8. The van der Waals surface area contributed by atoms with Gasteiger partial charge in [-0.3, -0.25) is 9.59 Å². The molecule has 0 radical (unpaired) electrons. The van der Waals surface area contributed by atoms with Gasteiger partial charge in [-0.2, -0.15) is 5.10 Å². The molecule has 1 unspecified atom stereocenters. The molecule has 8 heteroatoms. The molecule has 6 nitrogen and oxygen atoms in total. The van der Waals surface area contributed by atoms with Gasteiger partial charge in [0, 0.05) is 20.0 Å². The number of nitrogens with one attached hydrogen (secondary N) is 1. The number of hydrogen-bond donors (Lipinski definition) is 1. The first-order valence-corrected chi connectivity index (χ1v) is 10.4. The van der Waals surface area contributed by atoms with Gasteiger partial charge < -0.3 is 10.2 Å². The molecule has 3 aromatic rings. The van der Waals surface area contributed by atoms with Crippen LogP contribution in [-0.2, 0) is 17.9 Å². The largest absolute Gasteiger partial charge is 0.375 e. The Morgan fingerprint density at radius 2 is 2.03 bits per heavy atom. The van der Waals surface area contributed by atoms with Crippen molar-refractivity contribution in [3.05, 3.63) is 92.6 Å². The van der Waals surface area contributed by atoms with E-state index in [0.29, 0.717) is 31.7 Å². The second-order valence-corrected chi connectivity index (χ2v) is 7.97. The molecule has 160 valence electrons. The van der Waals surface area contributed by atoms with Gasteiger partial charge in [0.05, 0.1) is 24.5 Å². The average Bonchev–Trinajstić information content (AvgIpc) is 2.93. The third kappa shape index (κ3) is 4.61. The summed E-state index contributed by atoms with van der Waals surface area (Å²) in [6.45, 7) is 2.66. The second-order valence-electron chi connectivity index (χ2n) is 7.59. The lowest BCUT2D eigenvalue weighted by molar-refractivity contribution is -0.129. The number of aromatic nitrogens is 2. The fourth-order valence-corrected chi connectivity index (χ4v) is 4.02. The first-order chi connectivity index (χ1) is 14.9. The molecular weight excluding hydrogens is 419 g/mol. The fraction of sp³-hybridized carbons (Fsp3) is 0.261. The Kier molecular flexibility index (Phi) is 6.04. The van der Waals surface area contributed by atoms with E-state index >= 15 is 0 Å². The molecule has 1 aliphatic rings. The van der Waals surface area contributed by atoms with Crippen molar-refractivity contribution in [1.82, 2.24) is 14.7 Å². The van der Waals surface area contributed by atoms with E-state index in [-0.39, 0.29) is 22.8 Å². The zero-order chi connectivity index (χ0) is 22.0. The van der Waals surface area contributed by atoms with Crippen molar-refractivity contribution in [2.24, 2.45) is 0 Å². The van der Waals surface area contributed by atoms with Crippen LogP contribution in [0.5, 0.6) is 0 Å². The van der Waals surface area contributed by atoms with Gasteiger partial charge in [0.1, 0.15) is 10.8 Å². The van der Waals surface area contributed by atoms with Crippen LogP contribution in [0.25, 0.3) is 0 Å². The molecule has 2 heterocycles. The maximum absolute atomic E-state index is 13.9. The number of anilines is 1. The second kappa shape index (κ2) is 8.89. The van der Waals surface area contributed by atoms with Crippen LogP contribution in [0.1, 0.15) is 36.1 Å². The fourth-order valence-electron chi connectivity index (χ4n) is 3.82. The quantitative estimate of drug-likeness (QED) is 0.666. The summed E-state index contributed by atoms with van der Waals surface area (Å²) in [5.74, 6) is -0.426. The third-order valence-electron chi connectivity index (χ3n) is 5.46. The minimum absolute atomic E-state index is 0.0438. The smallest absolute Gasteiger partial charge is 0.287 e. The maximum atomic E-state index is 13.9. The molecular formula is C23H22ClFN4O2. The molecule has 0 fully saturated rings. The lowest BCUT2D eigenvalue weighted by Crippen LogP contribution is -2.28. The minimum atomic E-state index is -0.395. The van der Waals surface area contributed by atoms with E-state index in [2.05, 4.69) is 10.4 Å². The topological polar surface area (TPSA) is 67.2 Å². The number of fused-ring (bicyclic) bond motifs is 1. The number of amides is 1. The molecule has 1 N–H and O–H groups in total. The van der Waals surface area contributed by atoms with Crippen LogP contribution in [0, 0.1) is 5.82 Å². The Bertz CT molecular complexity index is 1170. The zero-order valence-electron chi connectivity index (χ0n) is 17.0. The summed E-state index contributed by atoms with van der Waals surface area (Å²) in [5.41, 5.74) is 2.56. The van der Waals surface area contributed by atoms with Crippen LogP contribution in [0.3, 0.4) is 0 Å². The number of carbonyl (C=O) groups is 1. The molecule has 1 atom stereocenters. The lowest BCUT2D eigenvalue weighted by Gasteiger charge is -2.21. The number of nitrogens with zero attached hydrogens (tertiary/aromatic N) is 3. The summed E-state index contributed by atoms with van der Waals surface area (Å²) >= 11 is 6.40. The Morgan fingerprint density at radius 3 is 2.77 bits per heavy atom. The highest BCUT2D eigenvalue weighted by atomic mass is 35.5. The molecule has 0 saturated heterocycles. The molecule has 1 amide bonds. The van der Waals surface area contributed by atoms with Crippen molar-refractivity contribution >= 4 is 23.2 Å². The van der Waals surface area contributed by atoms with Crippen molar-refractivity contribution in [3.63, 3.8) is 0 Å². The molecule has 0 saturated carbocycles. The third-order valence-corrected chi connectivity index (χ3v) is 5.83. The highest BCUT2D eigenvalue weighted by Gasteiger charge is 2.25. The van der Waals surface area contributed by atoms with Gasteiger partial charge in [-0.15, -0.1) is 0 Å². The van der Waals surface area contributed by atoms with Crippen molar-refractivity contribution < 1.29 is 9.18 Å². The SMILES string of the molecule is CC(=O)N1CCC(Nc2cnn(Cc3ccccc3)c(=O)c2Cl)c2ccc(F)cc2C1. The standard InChI is InChI=1S/C23H22ClFN4O2/c1-15(30)28-10-9-20(19-8-7-18(25)11-17(19)14-28)27-21-12-26-29(23(31)22(21)24)13-16-5-3-2-4-6-16/h2-8,11-12,20,27H,9-10,13-14H2,1H3. The number of halogens is 2. The van der Waals surface area contributed by atoms with Crippen LogP contribution < -0.4 is 10.9 Å². The monoisotopic (exact) mass is 440 g/mol. The Labute approximate surface area is 184 Å². The van der Waals surface area contributed by atoms with Crippen molar-refractivity contribution in [2.75, 3.05) is 11.9 Å². The summed E-state index contributed by atoms with van der Waals surface area (Å²) in [7, 11) is 0. The van der Waals surface area contributed by atoms with Crippen LogP contribution in [-0.4, -0.2) is 27.1 Å². The van der Waals surface area contributed by atoms with E-state index in [1.165, 1.54) is 29.9 Å².